The van der Waals surface area contributed by atoms with Gasteiger partial charge in [-0.15, -0.1) is 23.2 Å². The molecule has 6 heterocycles. The summed E-state index contributed by atoms with van der Waals surface area (Å²) in [5, 5.41) is 17.8. The zero-order valence-corrected chi connectivity index (χ0v) is 84.3. The van der Waals surface area contributed by atoms with Gasteiger partial charge >= 0.3 is 132 Å². The van der Waals surface area contributed by atoms with Crippen molar-refractivity contribution < 1.29 is 44.3 Å². The molecule has 8 N–H and O–H groups in total. The number of aromatic nitrogens is 6. The Kier molecular flexibility index (Phi) is 59.4. The van der Waals surface area contributed by atoms with E-state index < -0.39 is 36.4 Å². The van der Waals surface area contributed by atoms with Gasteiger partial charge in [-0.05, 0) is 127 Å². The summed E-state index contributed by atoms with van der Waals surface area (Å²) in [7, 11) is 2.22. The van der Waals surface area contributed by atoms with Crippen LogP contribution in [-0.4, -0.2) is 114 Å². The van der Waals surface area contributed by atoms with E-state index in [-0.39, 0.29) is 61.3 Å². The van der Waals surface area contributed by atoms with E-state index in [9.17, 15) is 48.3 Å². The van der Waals surface area contributed by atoms with Crippen LogP contribution in [0.4, 0.5) is 0 Å². The molecule has 0 aliphatic carbocycles. The first kappa shape index (κ1) is 113. The molecule has 0 saturated heterocycles. The maximum atomic E-state index is 12.6. The minimum absolute atomic E-state index is 0. The molecule has 1 atom stereocenters. The predicted molar refractivity (Wildman–Crippen MR) is 530 cm³/mol. The molecular weight excluding hydrogens is 2080 g/mol. The average molecular weight is 2190 g/mol. The molecule has 0 amide bonds. The van der Waals surface area contributed by atoms with E-state index >= 15 is 0 Å². The fourth-order valence-electron chi connectivity index (χ4n) is 11.8. The fourth-order valence-corrected chi connectivity index (χ4v) is 28.7. The maximum absolute atomic E-state index is 12.6. The maximum Gasteiger partial charge on any atom is 0.417 e. The van der Waals surface area contributed by atoms with Crippen molar-refractivity contribution >= 4 is 139 Å². The van der Waals surface area contributed by atoms with Gasteiger partial charge in [0.25, 0.3) is 0 Å². The van der Waals surface area contributed by atoms with Gasteiger partial charge in [-0.2, -0.15) is 0 Å². The van der Waals surface area contributed by atoms with Gasteiger partial charge in [0, 0.05) is 148 Å². The van der Waals surface area contributed by atoms with Crippen LogP contribution in [0.2, 0.25) is 13.3 Å². The first-order valence-corrected chi connectivity index (χ1v) is 52.8. The molecule has 12 rings (SSSR count). The molecule has 0 saturated carbocycles. The zero-order chi connectivity index (χ0) is 92.3. The number of ketones is 1. The molecule has 674 valence electrons. The Hall–Kier alpha value is -9.17. The number of aliphatic hydroxyl groups is 2. The summed E-state index contributed by atoms with van der Waals surface area (Å²) in [6.07, 6.45) is 29.2. The first-order chi connectivity index (χ1) is 60.1. The number of Topliss-reactive ketones (excluding diaryl/α,β-unsaturated/α-hetero) is 1. The Bertz CT molecular complexity index is 5410. The minimum atomic E-state index is -2.24. The van der Waals surface area contributed by atoms with Crippen molar-refractivity contribution in [3.8, 4) is 0 Å². The summed E-state index contributed by atoms with van der Waals surface area (Å²) in [4.78, 5) is 113. The van der Waals surface area contributed by atoms with Gasteiger partial charge in [0.05, 0.1) is 47.5 Å². The summed E-state index contributed by atoms with van der Waals surface area (Å²) in [6.45, 7) is 18.9. The van der Waals surface area contributed by atoms with E-state index in [1.165, 1.54) is 86.4 Å². The van der Waals surface area contributed by atoms with Crippen LogP contribution < -0.4 is 32.6 Å². The van der Waals surface area contributed by atoms with Crippen molar-refractivity contribution in [1.29, 1.82) is 0 Å². The third kappa shape index (κ3) is 43.6. The largest absolute Gasteiger partial charge is 0.461 e. The number of aromatic amines is 4. The molecule has 0 radical (unpaired) electrons. The molecule has 126 heavy (non-hydrogen) atoms. The van der Waals surface area contributed by atoms with Crippen LogP contribution in [0, 0.1) is 0 Å². The molecule has 6 aromatic carbocycles. The van der Waals surface area contributed by atoms with E-state index in [0.29, 0.717) is 64.9 Å². The Labute approximate surface area is 793 Å². The number of H-pyrrole nitrogens is 4. The molecule has 0 fully saturated rings. The van der Waals surface area contributed by atoms with Gasteiger partial charge in [0.1, 0.15) is 6.10 Å². The van der Waals surface area contributed by atoms with E-state index in [4.69, 9.17) is 33.0 Å². The quantitative estimate of drug-likeness (QED) is 0.00774. The topological polar surface area (TPSA) is 326 Å². The summed E-state index contributed by atoms with van der Waals surface area (Å²) in [5.41, 5.74) is 8.93. The number of unbranched alkanes of at least 4 members (excludes halogenated alkanes) is 3. The van der Waals surface area contributed by atoms with Gasteiger partial charge < -0.3 is 54.2 Å². The normalized spacial score (nSPS) is 10.2. The van der Waals surface area contributed by atoms with Crippen molar-refractivity contribution in [1.82, 2.24) is 29.1 Å². The SMILES string of the molecule is C=[C](OCC)[Sn]([CH2]CCC)([CH2]CCC)[CH2]CCC.CC(=O)c1cn(Cc2ccccc2)cc(Cc2ccccc2)c1=O.CCO.COC(=O)C(=O)OC.ClCCl.O.O=c1c(Br)c[nH]cc1Br.O=c1c(Br)c[nH]cc1C(O)c1ccccc1.O=c1c(Br)c[nH]cc1Cc1ccccc1.O=c1c(Br)cn(Cc2ccccc2)cc1Cc1ccccc1.O=c1cc[nH]cc1. The summed E-state index contributed by atoms with van der Waals surface area (Å²) < 4.78 is 26.2. The Morgan fingerprint density at radius 3 is 1.13 bits per heavy atom. The molecule has 21 nitrogen and oxygen atoms in total. The second kappa shape index (κ2) is 66.3. The monoisotopic (exact) mass is 2190 g/mol. The molecule has 0 bridgehead atoms. The number of aliphatic hydroxyl groups excluding tert-OH is 2. The molecule has 29 heteroatoms. The molecular formula is C97H113Br5Cl2N6O15Sn. The van der Waals surface area contributed by atoms with Crippen LogP contribution >= 0.6 is 103 Å². The van der Waals surface area contributed by atoms with Crippen LogP contribution in [0.5, 0.6) is 0 Å². The van der Waals surface area contributed by atoms with Crippen LogP contribution in [-0.2, 0) is 56.2 Å². The van der Waals surface area contributed by atoms with Crippen LogP contribution in [0.1, 0.15) is 152 Å². The second-order valence-electron chi connectivity index (χ2n) is 27.5. The number of carbonyl (C=O) groups excluding carboxylic acids is 3. The van der Waals surface area contributed by atoms with Gasteiger partial charge in [0.15, 0.2) is 27.5 Å². The van der Waals surface area contributed by atoms with Crippen molar-refractivity contribution in [2.24, 2.45) is 0 Å². The number of alkyl halides is 2. The number of nitrogens with zero attached hydrogens (tertiary/aromatic N) is 2. The van der Waals surface area contributed by atoms with Crippen molar-refractivity contribution in [2.75, 3.05) is 32.8 Å². The van der Waals surface area contributed by atoms with Gasteiger partial charge in [0.2, 0.25) is 10.9 Å². The molecule has 0 spiro atoms. The number of methoxy groups -OCH3 is 2. The molecule has 6 aromatic heterocycles. The minimum Gasteiger partial charge on any atom is -0.461 e. The Morgan fingerprint density at radius 2 is 0.778 bits per heavy atom. The van der Waals surface area contributed by atoms with E-state index in [0.717, 1.165) is 60.8 Å². The number of ether oxygens (including phenoxy) is 3. The number of hydrogen-bond donors (Lipinski definition) is 6. The number of nitrogens with one attached hydrogen (secondary N) is 4. The number of rotatable bonds is 25. The first-order valence-electron chi connectivity index (χ1n) is 40.3. The summed E-state index contributed by atoms with van der Waals surface area (Å²) in [5.74, 6) is -2.16. The third-order valence-electron chi connectivity index (χ3n) is 18.1. The smallest absolute Gasteiger partial charge is 0.417 e. The standard InChI is InChI=1S/C21H19NO2.C19H16BrNO.C12H10BrNO2.C12H10BrNO.C5H3Br2NO.C5H5NO.C4H6O4.C4H7O.3C4H9.C2H6O.CH2Cl2.H2O.Sn/c1-16(23)20-15-22(13-18-10-6-3-7-11-18)14-19(21(20)24)12-17-8-4-2-5-9-17;20-18-14-21(12-16-9-5-2-6-10-16)13-17(19(18)22)11-15-7-3-1-4-8-15;13-10-7-14-6-9(12(10)16)11(15)8-4-2-1-3-5-8;13-11-8-14-7-10(12(11)15)6-9-4-2-1-3-5-9;6-3-1-8-2-4(7)5(3)9;7-5-1-3-6-4-2-5;1-7-3(5)4(6)8-2;1-3-5-4-2;3*1-3-4-2;1-2-3;2-1-3;;/h2-11,14-15H,12-13H2,1H3;1-10,13-14H,11-12H2;1-7,11,15H,(H,14,16);1-5,7-8H,6H2,(H,14,15);1-2H,(H,8,9);1-4H,(H,6,7);1-2H3;1,4H2,2H3;3*1,3-4H2,2H3;3H,2H2,1H3;1H2;1H2;. The second-order valence-corrected chi connectivity index (χ2v) is 45.7. The summed E-state index contributed by atoms with van der Waals surface area (Å²) >= 11 is 23.2. The van der Waals surface area contributed by atoms with Crippen LogP contribution in [0.25, 0.3) is 0 Å². The number of esters is 2. The average Bonchev–Trinajstić information content (AvgIpc) is 0.817. The van der Waals surface area contributed by atoms with E-state index in [1.807, 2.05) is 181 Å². The van der Waals surface area contributed by atoms with Gasteiger partial charge in [-0.25, -0.2) is 9.59 Å². The number of pyridine rings is 6. The number of carbonyl (C=O) groups is 3. The van der Waals surface area contributed by atoms with Crippen molar-refractivity contribution in [2.45, 2.75) is 132 Å². The van der Waals surface area contributed by atoms with Gasteiger partial charge in [-0.3, -0.25) is 33.6 Å². The number of halogens is 7. The fraction of sp³-hybridized carbons (Fsp3) is 0.268. The summed E-state index contributed by atoms with van der Waals surface area (Å²) in [6, 6.07) is 62.1. The van der Waals surface area contributed by atoms with Gasteiger partial charge in [-0.1, -0.05) is 182 Å². The van der Waals surface area contributed by atoms with Crippen LogP contribution in [0.3, 0.4) is 0 Å². The molecule has 0 aliphatic rings. The van der Waals surface area contributed by atoms with E-state index in [1.54, 1.807) is 68.6 Å². The predicted octanol–water partition coefficient (Wildman–Crippen LogP) is 21.0. The zero-order valence-electron chi connectivity index (χ0n) is 72.0. The molecule has 0 aliphatic heterocycles. The van der Waals surface area contributed by atoms with Crippen molar-refractivity contribution in [3.05, 3.63) is 424 Å². The molecule has 1 unspecified atom stereocenters. The van der Waals surface area contributed by atoms with Crippen LogP contribution in [0.15, 0.2) is 330 Å². The van der Waals surface area contributed by atoms with Crippen molar-refractivity contribution in [3.63, 3.8) is 0 Å². The number of benzene rings is 6. The molecule has 12 aromatic rings. The number of hydrogen-bond acceptors (Lipinski definition) is 14. The third-order valence-corrected chi connectivity index (χ3v) is 36.0. The Morgan fingerprint density at radius 1 is 0.444 bits per heavy atom. The van der Waals surface area contributed by atoms with E-state index in [2.05, 4.69) is 160 Å². The Balaban J connectivity index is 0.000000495.